The number of benzene rings is 2. The van der Waals surface area contributed by atoms with Gasteiger partial charge in [0.05, 0.1) is 19.0 Å². The highest BCUT2D eigenvalue weighted by molar-refractivity contribution is 7.99. The van der Waals surface area contributed by atoms with Crippen LogP contribution in [0.15, 0.2) is 66.0 Å². The molecule has 3 nitrogen and oxygen atoms in total. The zero-order valence-electron chi connectivity index (χ0n) is 14.4. The van der Waals surface area contributed by atoms with E-state index in [9.17, 15) is 0 Å². The molecule has 0 unspecified atom stereocenters. The Morgan fingerprint density at radius 1 is 1.00 bits per heavy atom. The predicted molar refractivity (Wildman–Crippen MR) is 104 cm³/mol. The molecule has 1 aromatic heterocycles. The lowest BCUT2D eigenvalue weighted by molar-refractivity contribution is 0.415. The highest BCUT2D eigenvalue weighted by Gasteiger charge is 2.21. The summed E-state index contributed by atoms with van der Waals surface area (Å²) in [6.07, 6.45) is 7.27. The number of methoxy groups -OCH3 is 1. The van der Waals surface area contributed by atoms with Gasteiger partial charge in [0.15, 0.2) is 5.16 Å². The van der Waals surface area contributed by atoms with Crippen molar-refractivity contribution in [3.05, 3.63) is 60.8 Å². The maximum atomic E-state index is 5.29. The molecule has 0 spiro atoms. The molecule has 0 amide bonds. The van der Waals surface area contributed by atoms with Crippen LogP contribution in [0, 0.1) is 0 Å². The average Bonchev–Trinajstić information content (AvgIpc) is 3.33. The Labute approximate surface area is 153 Å². The van der Waals surface area contributed by atoms with Gasteiger partial charge in [0, 0.05) is 16.5 Å². The normalized spacial score (nSPS) is 14.8. The quantitative estimate of drug-likeness (QED) is 0.601. The second kappa shape index (κ2) is 7.36. The molecule has 3 aromatic rings. The molecule has 128 valence electrons. The molecular formula is C21H22N2OS. The van der Waals surface area contributed by atoms with Crippen molar-refractivity contribution in [3.63, 3.8) is 0 Å². The topological polar surface area (TPSA) is 27.1 Å². The van der Waals surface area contributed by atoms with E-state index < -0.39 is 0 Å². The molecule has 4 heteroatoms. The van der Waals surface area contributed by atoms with Crippen LogP contribution in [0.2, 0.25) is 0 Å². The molecule has 1 aliphatic rings. The first-order valence-corrected chi connectivity index (χ1v) is 9.67. The molecule has 1 aliphatic carbocycles. The second-order valence-electron chi connectivity index (χ2n) is 6.35. The summed E-state index contributed by atoms with van der Waals surface area (Å²) in [6, 6.07) is 18.7. The van der Waals surface area contributed by atoms with Crippen LogP contribution in [0.3, 0.4) is 0 Å². The lowest BCUT2D eigenvalue weighted by Gasteiger charge is -2.14. The third-order valence-electron chi connectivity index (χ3n) is 4.70. The smallest absolute Gasteiger partial charge is 0.173 e. The summed E-state index contributed by atoms with van der Waals surface area (Å²) in [6.45, 7) is 0. The molecular weight excluding hydrogens is 328 g/mol. The Morgan fingerprint density at radius 3 is 2.40 bits per heavy atom. The fourth-order valence-electron chi connectivity index (χ4n) is 3.37. The van der Waals surface area contributed by atoms with Gasteiger partial charge in [0.25, 0.3) is 0 Å². The number of hydrogen-bond acceptors (Lipinski definition) is 3. The van der Waals surface area contributed by atoms with Gasteiger partial charge >= 0.3 is 0 Å². The summed E-state index contributed by atoms with van der Waals surface area (Å²) < 4.78 is 7.57. The van der Waals surface area contributed by atoms with Gasteiger partial charge < -0.3 is 4.74 Å². The number of aromatic nitrogens is 2. The molecule has 1 fully saturated rings. The van der Waals surface area contributed by atoms with Gasteiger partial charge in [0.1, 0.15) is 5.75 Å². The number of thioether (sulfide) groups is 1. The summed E-state index contributed by atoms with van der Waals surface area (Å²) in [5.74, 6) is 0.870. The van der Waals surface area contributed by atoms with Gasteiger partial charge in [0.2, 0.25) is 0 Å². The summed E-state index contributed by atoms with van der Waals surface area (Å²) >= 11 is 1.92. The van der Waals surface area contributed by atoms with Gasteiger partial charge in [-0.2, -0.15) is 0 Å². The van der Waals surface area contributed by atoms with Crippen LogP contribution in [-0.2, 0) is 0 Å². The SMILES string of the molecule is COc1ccc(-c2cnc(SC3CCCC3)n2-c2ccccc2)cc1. The zero-order valence-corrected chi connectivity index (χ0v) is 15.2. The first-order valence-electron chi connectivity index (χ1n) is 8.79. The van der Waals surface area contributed by atoms with Gasteiger partial charge in [-0.15, -0.1) is 0 Å². The van der Waals surface area contributed by atoms with Gasteiger partial charge in [-0.1, -0.05) is 42.8 Å². The van der Waals surface area contributed by atoms with Crippen LogP contribution < -0.4 is 4.74 Å². The summed E-state index contributed by atoms with van der Waals surface area (Å²) in [7, 11) is 1.69. The molecule has 0 saturated heterocycles. The minimum Gasteiger partial charge on any atom is -0.497 e. The predicted octanol–water partition coefficient (Wildman–Crippen LogP) is 5.58. The second-order valence-corrected chi connectivity index (χ2v) is 7.62. The monoisotopic (exact) mass is 350 g/mol. The van der Waals surface area contributed by atoms with E-state index in [2.05, 4.69) is 47.0 Å². The Kier molecular flexibility index (Phi) is 4.79. The standard InChI is InChI=1S/C21H22N2OS/c1-24-18-13-11-16(12-14-18)20-15-22-21(25-19-9-5-6-10-19)23(20)17-7-3-2-4-8-17/h2-4,7-8,11-15,19H,5-6,9-10H2,1H3. The molecule has 0 radical (unpaired) electrons. The van der Waals surface area contributed by atoms with E-state index in [0.29, 0.717) is 5.25 Å². The zero-order chi connectivity index (χ0) is 17.1. The fourth-order valence-corrected chi connectivity index (χ4v) is 4.66. The van der Waals surface area contributed by atoms with Crippen molar-refractivity contribution in [1.29, 1.82) is 0 Å². The largest absolute Gasteiger partial charge is 0.497 e. The lowest BCUT2D eigenvalue weighted by Crippen LogP contribution is -2.02. The molecule has 0 atom stereocenters. The number of ether oxygens (including phenoxy) is 1. The summed E-state index contributed by atoms with van der Waals surface area (Å²) in [5.41, 5.74) is 3.43. The average molecular weight is 350 g/mol. The maximum Gasteiger partial charge on any atom is 0.173 e. The van der Waals surface area contributed by atoms with E-state index in [1.807, 2.05) is 30.1 Å². The van der Waals surface area contributed by atoms with Crippen LogP contribution >= 0.6 is 11.8 Å². The minimum absolute atomic E-state index is 0.688. The van der Waals surface area contributed by atoms with Gasteiger partial charge in [-0.3, -0.25) is 4.57 Å². The Balaban J connectivity index is 1.76. The van der Waals surface area contributed by atoms with Gasteiger partial charge in [-0.25, -0.2) is 4.98 Å². The van der Waals surface area contributed by atoms with Gasteiger partial charge in [-0.05, 0) is 49.2 Å². The molecule has 0 bridgehead atoms. The van der Waals surface area contributed by atoms with E-state index in [0.717, 1.165) is 27.9 Å². The highest BCUT2D eigenvalue weighted by Crippen LogP contribution is 2.37. The number of hydrogen-bond donors (Lipinski definition) is 0. The minimum atomic E-state index is 0.688. The molecule has 2 aromatic carbocycles. The van der Waals surface area contributed by atoms with Crippen molar-refractivity contribution >= 4 is 11.8 Å². The number of nitrogens with zero attached hydrogens (tertiary/aromatic N) is 2. The van der Waals surface area contributed by atoms with Crippen molar-refractivity contribution in [2.45, 2.75) is 36.1 Å². The molecule has 0 aliphatic heterocycles. The van der Waals surface area contributed by atoms with E-state index >= 15 is 0 Å². The Morgan fingerprint density at radius 2 is 1.72 bits per heavy atom. The van der Waals surface area contributed by atoms with Crippen molar-refractivity contribution in [2.24, 2.45) is 0 Å². The van der Waals surface area contributed by atoms with Crippen molar-refractivity contribution in [3.8, 4) is 22.7 Å². The first kappa shape index (κ1) is 16.3. The summed E-state index contributed by atoms with van der Waals surface area (Å²) in [5, 5.41) is 1.78. The van der Waals surface area contributed by atoms with Crippen molar-refractivity contribution < 1.29 is 4.74 Å². The van der Waals surface area contributed by atoms with Crippen molar-refractivity contribution in [2.75, 3.05) is 7.11 Å². The number of rotatable bonds is 5. The Hall–Kier alpha value is -2.20. The summed E-state index contributed by atoms with van der Waals surface area (Å²) in [4.78, 5) is 4.77. The van der Waals surface area contributed by atoms with E-state index in [-0.39, 0.29) is 0 Å². The van der Waals surface area contributed by atoms with E-state index in [4.69, 9.17) is 9.72 Å². The number of para-hydroxylation sites is 1. The van der Waals surface area contributed by atoms with Crippen LogP contribution in [0.4, 0.5) is 0 Å². The Bertz CT molecular complexity index is 821. The van der Waals surface area contributed by atoms with Crippen LogP contribution in [-0.4, -0.2) is 21.9 Å². The highest BCUT2D eigenvalue weighted by atomic mass is 32.2. The molecule has 1 heterocycles. The fraction of sp³-hybridized carbons (Fsp3) is 0.286. The van der Waals surface area contributed by atoms with E-state index in [1.165, 1.54) is 25.7 Å². The van der Waals surface area contributed by atoms with Crippen LogP contribution in [0.5, 0.6) is 5.75 Å². The maximum absolute atomic E-state index is 5.29. The first-order chi connectivity index (χ1) is 12.3. The third-order valence-corrected chi connectivity index (χ3v) is 6.01. The molecule has 1 saturated carbocycles. The van der Waals surface area contributed by atoms with Crippen molar-refractivity contribution in [1.82, 2.24) is 9.55 Å². The lowest BCUT2D eigenvalue weighted by atomic mass is 10.1. The van der Waals surface area contributed by atoms with Crippen LogP contribution in [0.25, 0.3) is 16.9 Å². The van der Waals surface area contributed by atoms with E-state index in [1.54, 1.807) is 7.11 Å². The molecule has 0 N–H and O–H groups in total. The molecule has 4 rings (SSSR count). The van der Waals surface area contributed by atoms with Crippen LogP contribution in [0.1, 0.15) is 25.7 Å². The number of imidazole rings is 1. The molecule has 25 heavy (non-hydrogen) atoms. The third kappa shape index (κ3) is 3.45.